The topological polar surface area (TPSA) is 99.5 Å². The fraction of sp³-hybridized carbons (Fsp3) is 0.250. The second-order valence-electron chi connectivity index (χ2n) is 7.29. The number of rotatable bonds is 8. The second kappa shape index (κ2) is 11.2. The Bertz CT molecular complexity index is 1240. The van der Waals surface area contributed by atoms with Crippen molar-refractivity contribution in [1.82, 2.24) is 15.1 Å². The van der Waals surface area contributed by atoms with Gasteiger partial charge in [-0.1, -0.05) is 53.5 Å². The molecular formula is C24H23Cl2N3O5. The summed E-state index contributed by atoms with van der Waals surface area (Å²) in [5.74, 6) is -0.827. The van der Waals surface area contributed by atoms with Crippen molar-refractivity contribution >= 4 is 35.1 Å². The van der Waals surface area contributed by atoms with Gasteiger partial charge in [0.25, 0.3) is 11.5 Å². The summed E-state index contributed by atoms with van der Waals surface area (Å²) < 4.78 is 11.6. The van der Waals surface area contributed by atoms with Crippen LogP contribution in [-0.4, -0.2) is 41.4 Å². The number of carbonyl (C=O) groups excluding carboxylic acids is 2. The first-order chi connectivity index (χ1) is 16.3. The van der Waals surface area contributed by atoms with E-state index in [4.69, 9.17) is 32.7 Å². The van der Waals surface area contributed by atoms with E-state index in [9.17, 15) is 14.4 Å². The van der Waals surface area contributed by atoms with Gasteiger partial charge in [0.2, 0.25) is 0 Å². The molecule has 2 aromatic carbocycles. The maximum Gasteiger partial charge on any atom is 0.328 e. The molecule has 178 valence electrons. The summed E-state index contributed by atoms with van der Waals surface area (Å²) in [6.45, 7) is 1.83. The summed E-state index contributed by atoms with van der Waals surface area (Å²) in [6, 6.07) is 10.7. The summed E-state index contributed by atoms with van der Waals surface area (Å²) in [4.78, 5) is 38.0. The molecule has 3 rings (SSSR count). The highest BCUT2D eigenvalue weighted by Crippen LogP contribution is 2.26. The quantitative estimate of drug-likeness (QED) is 0.470. The minimum atomic E-state index is -0.978. The number of halogens is 2. The van der Waals surface area contributed by atoms with E-state index in [1.165, 1.54) is 30.1 Å². The van der Waals surface area contributed by atoms with Crippen LogP contribution in [0.1, 0.15) is 22.8 Å². The number of hydrogen-bond donors (Lipinski definition) is 1. The molecule has 0 aliphatic carbocycles. The van der Waals surface area contributed by atoms with Crippen molar-refractivity contribution in [1.29, 1.82) is 0 Å². The molecule has 34 heavy (non-hydrogen) atoms. The van der Waals surface area contributed by atoms with E-state index in [0.717, 1.165) is 5.56 Å². The van der Waals surface area contributed by atoms with E-state index < -0.39 is 17.9 Å². The van der Waals surface area contributed by atoms with Gasteiger partial charge in [-0.15, -0.1) is 0 Å². The normalized spacial score (nSPS) is 11.6. The van der Waals surface area contributed by atoms with Gasteiger partial charge in [-0.3, -0.25) is 9.59 Å². The van der Waals surface area contributed by atoms with Gasteiger partial charge < -0.3 is 14.8 Å². The van der Waals surface area contributed by atoms with Gasteiger partial charge in [0, 0.05) is 13.5 Å². The van der Waals surface area contributed by atoms with Crippen LogP contribution in [0.5, 0.6) is 5.75 Å². The Morgan fingerprint density at radius 1 is 1.12 bits per heavy atom. The predicted molar refractivity (Wildman–Crippen MR) is 130 cm³/mol. The number of carbonyl (C=O) groups is 2. The zero-order valence-electron chi connectivity index (χ0n) is 18.8. The molecule has 1 heterocycles. The summed E-state index contributed by atoms with van der Waals surface area (Å²) in [7, 11) is 3.02. The first-order valence-electron chi connectivity index (χ1n) is 10.4. The van der Waals surface area contributed by atoms with Crippen molar-refractivity contribution in [2.24, 2.45) is 7.05 Å². The molecule has 8 nitrogen and oxygen atoms in total. The van der Waals surface area contributed by atoms with E-state index in [1.54, 1.807) is 44.3 Å². The Kier molecular flexibility index (Phi) is 8.31. The molecule has 0 fully saturated rings. The fourth-order valence-corrected chi connectivity index (χ4v) is 3.94. The highest BCUT2D eigenvalue weighted by molar-refractivity contribution is 6.39. The fourth-order valence-electron chi connectivity index (χ4n) is 3.37. The third-order valence-corrected chi connectivity index (χ3v) is 5.70. The van der Waals surface area contributed by atoms with Gasteiger partial charge in [0.05, 0.1) is 41.1 Å². The average Bonchev–Trinajstić information content (AvgIpc) is 2.81. The molecule has 0 bridgehead atoms. The van der Waals surface area contributed by atoms with Gasteiger partial charge in [0.15, 0.2) is 5.75 Å². The summed E-state index contributed by atoms with van der Waals surface area (Å²) >= 11 is 12.3. The van der Waals surface area contributed by atoms with E-state index in [0.29, 0.717) is 16.9 Å². The van der Waals surface area contributed by atoms with Crippen LogP contribution in [0, 0.1) is 0 Å². The Morgan fingerprint density at radius 3 is 2.35 bits per heavy atom. The minimum absolute atomic E-state index is 0.0797. The van der Waals surface area contributed by atoms with Crippen molar-refractivity contribution < 1.29 is 19.1 Å². The van der Waals surface area contributed by atoms with Gasteiger partial charge in [0.1, 0.15) is 6.04 Å². The maximum atomic E-state index is 12.8. The predicted octanol–water partition coefficient (Wildman–Crippen LogP) is 3.67. The molecule has 0 saturated heterocycles. The van der Waals surface area contributed by atoms with Crippen LogP contribution in [0.15, 0.2) is 53.5 Å². The van der Waals surface area contributed by atoms with Crippen LogP contribution >= 0.6 is 23.2 Å². The van der Waals surface area contributed by atoms with Crippen molar-refractivity contribution in [2.75, 3.05) is 13.7 Å². The Hall–Kier alpha value is -3.36. The lowest BCUT2D eigenvalue weighted by Gasteiger charge is -2.18. The lowest BCUT2D eigenvalue weighted by atomic mass is 10.0. The molecule has 0 radical (unpaired) electrons. The Labute approximate surface area is 206 Å². The Balaban J connectivity index is 1.87. The standard InChI is InChI=1S/C24H23Cl2N3O5/c1-4-34-24(32)18(28-22(30)21-16(25)6-5-7-17(21)26)12-14-8-10-15(11-9-14)20-19(33-3)13-27-29(2)23(20)31/h5-11,13,18H,4,12H2,1-3H3,(H,28,30)/t18-/m0/s1. The molecule has 0 unspecified atom stereocenters. The second-order valence-corrected chi connectivity index (χ2v) is 8.11. The molecule has 0 saturated carbocycles. The number of methoxy groups -OCH3 is 1. The highest BCUT2D eigenvalue weighted by atomic mass is 35.5. The zero-order valence-corrected chi connectivity index (χ0v) is 20.3. The third kappa shape index (κ3) is 5.58. The highest BCUT2D eigenvalue weighted by Gasteiger charge is 2.25. The van der Waals surface area contributed by atoms with Crippen LogP contribution in [0.2, 0.25) is 10.0 Å². The number of nitrogens with one attached hydrogen (secondary N) is 1. The van der Waals surface area contributed by atoms with Crippen LogP contribution in [0.25, 0.3) is 11.1 Å². The van der Waals surface area contributed by atoms with Gasteiger partial charge in [-0.05, 0) is 30.2 Å². The maximum absolute atomic E-state index is 12.8. The number of nitrogens with zero attached hydrogens (tertiary/aromatic N) is 2. The van der Waals surface area contributed by atoms with E-state index in [2.05, 4.69) is 10.4 Å². The van der Waals surface area contributed by atoms with Gasteiger partial charge >= 0.3 is 5.97 Å². The molecule has 0 aliphatic heterocycles. The van der Waals surface area contributed by atoms with Crippen molar-refractivity contribution in [2.45, 2.75) is 19.4 Å². The van der Waals surface area contributed by atoms with Crippen molar-refractivity contribution in [3.63, 3.8) is 0 Å². The largest absolute Gasteiger partial charge is 0.494 e. The minimum Gasteiger partial charge on any atom is -0.494 e. The molecule has 10 heteroatoms. The SMILES string of the molecule is CCOC(=O)[C@H](Cc1ccc(-c2c(OC)cnn(C)c2=O)cc1)NC(=O)c1c(Cl)cccc1Cl. The van der Waals surface area contributed by atoms with Crippen molar-refractivity contribution in [3.05, 3.63) is 80.2 Å². The van der Waals surface area contributed by atoms with Crippen LogP contribution < -0.4 is 15.6 Å². The number of esters is 1. The van der Waals surface area contributed by atoms with Crippen molar-refractivity contribution in [3.8, 4) is 16.9 Å². The monoisotopic (exact) mass is 503 g/mol. The number of hydrogen-bond acceptors (Lipinski definition) is 6. The van der Waals surface area contributed by atoms with Crippen LogP contribution in [0.4, 0.5) is 0 Å². The molecule has 0 aliphatic rings. The number of ether oxygens (including phenoxy) is 2. The molecular weight excluding hydrogens is 481 g/mol. The summed E-state index contributed by atoms with van der Waals surface area (Å²) in [6.07, 6.45) is 1.62. The molecule has 1 atom stereocenters. The van der Waals surface area contributed by atoms with Gasteiger partial charge in [-0.2, -0.15) is 5.10 Å². The van der Waals surface area contributed by atoms with E-state index in [1.807, 2.05) is 0 Å². The summed E-state index contributed by atoms with van der Waals surface area (Å²) in [5.41, 5.74) is 1.51. The number of benzene rings is 2. The first kappa shape index (κ1) is 25.3. The molecule has 3 aromatic rings. The average molecular weight is 504 g/mol. The van der Waals surface area contributed by atoms with Crippen LogP contribution in [-0.2, 0) is 23.0 Å². The molecule has 1 aromatic heterocycles. The molecule has 1 amide bonds. The molecule has 0 spiro atoms. The summed E-state index contributed by atoms with van der Waals surface area (Å²) in [5, 5.41) is 6.97. The lowest BCUT2D eigenvalue weighted by Crippen LogP contribution is -2.43. The van der Waals surface area contributed by atoms with E-state index >= 15 is 0 Å². The lowest BCUT2D eigenvalue weighted by molar-refractivity contribution is -0.145. The number of aryl methyl sites for hydroxylation is 1. The smallest absolute Gasteiger partial charge is 0.328 e. The number of aromatic nitrogens is 2. The zero-order chi connectivity index (χ0) is 24.8. The Morgan fingerprint density at radius 2 is 1.76 bits per heavy atom. The molecule has 1 N–H and O–H groups in total. The third-order valence-electron chi connectivity index (χ3n) is 5.07. The van der Waals surface area contributed by atoms with Gasteiger partial charge in [-0.25, -0.2) is 9.48 Å². The van der Waals surface area contributed by atoms with Crippen LogP contribution in [0.3, 0.4) is 0 Å². The first-order valence-corrected chi connectivity index (χ1v) is 11.1. The number of amides is 1. The van der Waals surface area contributed by atoms with E-state index in [-0.39, 0.29) is 34.2 Å².